The van der Waals surface area contributed by atoms with E-state index in [1.165, 1.54) is 6.21 Å². The van der Waals surface area contributed by atoms with Crippen LogP contribution in [-0.4, -0.2) is 19.4 Å². The van der Waals surface area contributed by atoms with Gasteiger partial charge in [0.2, 0.25) is 0 Å². The molecule has 0 aromatic heterocycles. The number of rotatable bonds is 1. The maximum Gasteiger partial charge on any atom is 0.162 e. The van der Waals surface area contributed by atoms with Crippen LogP contribution in [0, 0.1) is 5.41 Å². The van der Waals surface area contributed by atoms with Gasteiger partial charge in [0.15, 0.2) is 11.5 Å². The lowest BCUT2D eigenvalue weighted by atomic mass is 10.3. The summed E-state index contributed by atoms with van der Waals surface area (Å²) in [6.07, 6.45) is 4.59. The van der Waals surface area contributed by atoms with Crippen molar-refractivity contribution < 1.29 is 9.47 Å². The first-order chi connectivity index (χ1) is 5.38. The topological polar surface area (TPSA) is 42.3 Å². The third kappa shape index (κ3) is 1.83. The second-order valence-corrected chi connectivity index (χ2v) is 2.05. The zero-order chi connectivity index (χ0) is 8.10. The normalized spacial score (nSPS) is 24.5. The summed E-state index contributed by atoms with van der Waals surface area (Å²) in [4.78, 5) is 0. The molecular weight excluding hydrogens is 142 g/mol. The fraction of sp³-hybridized carbons (Fsp3) is 0.375. The highest BCUT2D eigenvalue weighted by Gasteiger charge is 2.11. The van der Waals surface area contributed by atoms with Crippen LogP contribution in [0.3, 0.4) is 0 Å². The van der Waals surface area contributed by atoms with Crippen LogP contribution in [0.2, 0.25) is 0 Å². The summed E-state index contributed by atoms with van der Waals surface area (Å²) >= 11 is 0. The van der Waals surface area contributed by atoms with Crippen molar-refractivity contribution in [2.75, 3.05) is 13.2 Å². The molecule has 11 heavy (non-hydrogen) atoms. The van der Waals surface area contributed by atoms with E-state index < -0.39 is 0 Å². The monoisotopic (exact) mass is 153 g/mol. The Morgan fingerprint density at radius 1 is 1.27 bits per heavy atom. The van der Waals surface area contributed by atoms with Crippen molar-refractivity contribution in [1.82, 2.24) is 0 Å². The van der Waals surface area contributed by atoms with E-state index in [2.05, 4.69) is 0 Å². The number of nitrogens with one attached hydrogen (secondary N) is 1. The average molecular weight is 153 g/mol. The lowest BCUT2D eigenvalue weighted by Gasteiger charge is -2.19. The molecule has 0 aliphatic carbocycles. The van der Waals surface area contributed by atoms with Gasteiger partial charge in [0.25, 0.3) is 0 Å². The number of hydrogen-bond donors (Lipinski definition) is 1. The molecule has 1 aliphatic rings. The summed E-state index contributed by atoms with van der Waals surface area (Å²) in [5.41, 5.74) is 0. The minimum Gasteiger partial charge on any atom is -0.486 e. The van der Waals surface area contributed by atoms with Gasteiger partial charge in [-0.2, -0.15) is 0 Å². The molecule has 1 rings (SSSR count). The SMILES string of the molecule is C/C=C1/OCCO/C1=C/C=N. The zero-order valence-electron chi connectivity index (χ0n) is 6.46. The average Bonchev–Trinajstić information content (AvgIpc) is 2.06. The Bertz CT molecular complexity index is 206. The van der Waals surface area contributed by atoms with Gasteiger partial charge in [0.1, 0.15) is 13.2 Å². The maximum absolute atomic E-state index is 6.84. The Hall–Kier alpha value is -1.25. The highest BCUT2D eigenvalue weighted by Crippen LogP contribution is 2.16. The summed E-state index contributed by atoms with van der Waals surface area (Å²) in [6, 6.07) is 0. The third-order valence-corrected chi connectivity index (χ3v) is 1.34. The zero-order valence-corrected chi connectivity index (χ0v) is 6.46. The molecule has 0 atom stereocenters. The van der Waals surface area contributed by atoms with Crippen molar-refractivity contribution in [1.29, 1.82) is 5.41 Å². The maximum atomic E-state index is 6.84. The van der Waals surface area contributed by atoms with Gasteiger partial charge in [-0.15, -0.1) is 0 Å². The molecule has 0 aromatic rings. The third-order valence-electron chi connectivity index (χ3n) is 1.34. The fourth-order valence-electron chi connectivity index (χ4n) is 0.877. The van der Waals surface area contributed by atoms with Crippen LogP contribution in [0.1, 0.15) is 6.92 Å². The van der Waals surface area contributed by atoms with Crippen molar-refractivity contribution in [3.05, 3.63) is 23.7 Å². The van der Waals surface area contributed by atoms with Crippen molar-refractivity contribution >= 4 is 6.21 Å². The standard InChI is InChI=1S/C8H11NO2/c1-2-7-8(3-4-9)11-6-5-10-7/h2-4,9H,5-6H2,1H3/b7-2+,8-3+,9-4?. The second kappa shape index (κ2) is 3.81. The predicted molar refractivity (Wildman–Crippen MR) is 42.5 cm³/mol. The highest BCUT2D eigenvalue weighted by atomic mass is 16.6. The van der Waals surface area contributed by atoms with Gasteiger partial charge < -0.3 is 14.9 Å². The van der Waals surface area contributed by atoms with Gasteiger partial charge in [-0.1, -0.05) is 0 Å². The van der Waals surface area contributed by atoms with Gasteiger partial charge in [0.05, 0.1) is 0 Å². The van der Waals surface area contributed by atoms with Crippen LogP contribution in [0.4, 0.5) is 0 Å². The molecule has 3 heteroatoms. The molecule has 1 aliphatic heterocycles. The summed E-state index contributed by atoms with van der Waals surface area (Å²) in [7, 11) is 0. The van der Waals surface area contributed by atoms with Crippen LogP contribution in [0.15, 0.2) is 23.7 Å². The van der Waals surface area contributed by atoms with Crippen LogP contribution < -0.4 is 0 Å². The van der Waals surface area contributed by atoms with Crippen molar-refractivity contribution in [2.45, 2.75) is 6.92 Å². The van der Waals surface area contributed by atoms with Crippen molar-refractivity contribution in [3.8, 4) is 0 Å². The molecule has 0 amide bonds. The molecule has 0 saturated carbocycles. The molecule has 1 fully saturated rings. The van der Waals surface area contributed by atoms with E-state index in [1.807, 2.05) is 13.0 Å². The Morgan fingerprint density at radius 2 is 1.91 bits per heavy atom. The molecule has 0 unspecified atom stereocenters. The van der Waals surface area contributed by atoms with Gasteiger partial charge in [0, 0.05) is 12.3 Å². The lowest BCUT2D eigenvalue weighted by molar-refractivity contribution is 0.0597. The molecule has 1 saturated heterocycles. The minimum atomic E-state index is 0.566. The number of hydrogen-bond acceptors (Lipinski definition) is 3. The van der Waals surface area contributed by atoms with E-state index in [0.29, 0.717) is 19.0 Å². The Kier molecular flexibility index (Phi) is 2.72. The summed E-state index contributed by atoms with van der Waals surface area (Å²) in [5, 5.41) is 6.84. The van der Waals surface area contributed by atoms with Crippen LogP contribution in [-0.2, 0) is 9.47 Å². The summed E-state index contributed by atoms with van der Waals surface area (Å²) < 4.78 is 10.5. The smallest absolute Gasteiger partial charge is 0.162 e. The number of ether oxygens (including phenoxy) is 2. The molecule has 0 bridgehead atoms. The predicted octanol–water partition coefficient (Wildman–Crippen LogP) is 1.47. The van der Waals surface area contributed by atoms with E-state index in [-0.39, 0.29) is 0 Å². The molecule has 1 heterocycles. The Morgan fingerprint density at radius 3 is 2.45 bits per heavy atom. The Labute approximate surface area is 65.8 Å². The van der Waals surface area contributed by atoms with Crippen LogP contribution in [0.5, 0.6) is 0 Å². The first kappa shape index (κ1) is 7.85. The molecule has 0 aromatic carbocycles. The van der Waals surface area contributed by atoms with E-state index in [4.69, 9.17) is 14.9 Å². The van der Waals surface area contributed by atoms with Crippen molar-refractivity contribution in [3.63, 3.8) is 0 Å². The van der Waals surface area contributed by atoms with E-state index in [9.17, 15) is 0 Å². The fourth-order valence-corrected chi connectivity index (χ4v) is 0.877. The molecule has 3 nitrogen and oxygen atoms in total. The van der Waals surface area contributed by atoms with Gasteiger partial charge >= 0.3 is 0 Å². The molecule has 0 radical (unpaired) electrons. The van der Waals surface area contributed by atoms with E-state index in [1.54, 1.807) is 6.08 Å². The molecule has 60 valence electrons. The van der Waals surface area contributed by atoms with Crippen LogP contribution in [0.25, 0.3) is 0 Å². The van der Waals surface area contributed by atoms with Gasteiger partial charge in [-0.05, 0) is 13.0 Å². The van der Waals surface area contributed by atoms with Gasteiger partial charge in [-0.3, -0.25) is 0 Å². The first-order valence-corrected chi connectivity index (χ1v) is 3.51. The molecule has 1 N–H and O–H groups in total. The molecular formula is C8H11NO2. The van der Waals surface area contributed by atoms with E-state index >= 15 is 0 Å². The second-order valence-electron chi connectivity index (χ2n) is 2.05. The van der Waals surface area contributed by atoms with Gasteiger partial charge in [-0.25, -0.2) is 0 Å². The quantitative estimate of drug-likeness (QED) is 0.579. The number of allylic oxidation sites excluding steroid dienone is 2. The Balaban J connectivity index is 2.74. The largest absolute Gasteiger partial charge is 0.486 e. The van der Waals surface area contributed by atoms with E-state index in [0.717, 1.165) is 5.76 Å². The summed E-state index contributed by atoms with van der Waals surface area (Å²) in [6.45, 7) is 3.04. The first-order valence-electron chi connectivity index (χ1n) is 3.51. The highest BCUT2D eigenvalue weighted by molar-refractivity contribution is 5.69. The summed E-state index contributed by atoms with van der Waals surface area (Å²) in [5.74, 6) is 1.37. The van der Waals surface area contributed by atoms with Crippen molar-refractivity contribution in [2.24, 2.45) is 0 Å². The lowest BCUT2D eigenvalue weighted by Crippen LogP contribution is -2.13. The van der Waals surface area contributed by atoms with Crippen LogP contribution >= 0.6 is 0 Å². The molecule has 0 spiro atoms. The minimum absolute atomic E-state index is 0.566.